The molecule has 2 aromatic carbocycles. The summed E-state index contributed by atoms with van der Waals surface area (Å²) in [5.41, 5.74) is 0.564. The highest BCUT2D eigenvalue weighted by molar-refractivity contribution is 9.10. The van der Waals surface area contributed by atoms with Crippen molar-refractivity contribution in [1.82, 2.24) is 0 Å². The fraction of sp³-hybridized carbons (Fsp3) is 0. The van der Waals surface area contributed by atoms with Crippen LogP contribution >= 0.6 is 15.9 Å². The molecular weight excluding hydrogens is 312 g/mol. The summed E-state index contributed by atoms with van der Waals surface area (Å²) in [7, 11) is 0. The van der Waals surface area contributed by atoms with Crippen LogP contribution < -0.4 is 4.74 Å². The van der Waals surface area contributed by atoms with Crippen molar-refractivity contribution in [1.29, 1.82) is 0 Å². The van der Waals surface area contributed by atoms with Crippen molar-refractivity contribution in [2.24, 2.45) is 0 Å². The van der Waals surface area contributed by atoms with E-state index in [4.69, 9.17) is 9.84 Å². The zero-order valence-electron chi connectivity index (χ0n) is 9.67. The van der Waals surface area contributed by atoms with Crippen LogP contribution in [-0.2, 0) is 0 Å². The summed E-state index contributed by atoms with van der Waals surface area (Å²) in [4.78, 5) is 22.5. The standard InChI is InChI=1S/C14H9BrO4/c15-11-5-1-10(2-6-11)14(18)19-12-7-3-9(4-8-12)13(16)17/h1-8H,(H,16,17). The first-order chi connectivity index (χ1) is 9.06. The van der Waals surface area contributed by atoms with Gasteiger partial charge in [0, 0.05) is 4.47 Å². The molecule has 19 heavy (non-hydrogen) atoms. The molecule has 0 spiro atoms. The molecule has 0 saturated carbocycles. The second-order valence-corrected chi connectivity index (χ2v) is 4.64. The number of carboxylic acid groups (broad SMARTS) is 1. The van der Waals surface area contributed by atoms with Crippen LogP contribution in [0.4, 0.5) is 0 Å². The van der Waals surface area contributed by atoms with E-state index in [1.165, 1.54) is 24.3 Å². The monoisotopic (exact) mass is 320 g/mol. The highest BCUT2D eigenvalue weighted by Crippen LogP contribution is 2.16. The molecule has 0 bridgehead atoms. The second kappa shape index (κ2) is 5.67. The number of halogens is 1. The van der Waals surface area contributed by atoms with Crippen LogP contribution in [0.3, 0.4) is 0 Å². The van der Waals surface area contributed by atoms with Gasteiger partial charge in [-0.25, -0.2) is 9.59 Å². The molecular formula is C14H9BrO4. The normalized spacial score (nSPS) is 9.95. The molecule has 0 radical (unpaired) electrons. The van der Waals surface area contributed by atoms with Gasteiger partial charge in [0.15, 0.2) is 0 Å². The van der Waals surface area contributed by atoms with Gasteiger partial charge in [0.1, 0.15) is 5.75 Å². The SMILES string of the molecule is O=C(O)c1ccc(OC(=O)c2ccc(Br)cc2)cc1. The Labute approximate surface area is 117 Å². The van der Waals surface area contributed by atoms with Crippen molar-refractivity contribution in [3.8, 4) is 5.75 Å². The van der Waals surface area contributed by atoms with Crippen LogP contribution in [0.15, 0.2) is 53.0 Å². The van der Waals surface area contributed by atoms with E-state index in [1.807, 2.05) is 0 Å². The second-order valence-electron chi connectivity index (χ2n) is 3.73. The highest BCUT2D eigenvalue weighted by Gasteiger charge is 2.09. The van der Waals surface area contributed by atoms with Crippen LogP contribution in [0.1, 0.15) is 20.7 Å². The quantitative estimate of drug-likeness (QED) is 0.695. The van der Waals surface area contributed by atoms with E-state index < -0.39 is 11.9 Å². The van der Waals surface area contributed by atoms with Crippen LogP contribution in [0.2, 0.25) is 0 Å². The predicted molar refractivity (Wildman–Crippen MR) is 72.5 cm³/mol. The number of benzene rings is 2. The van der Waals surface area contributed by atoms with Crippen molar-refractivity contribution in [3.05, 3.63) is 64.1 Å². The fourth-order valence-electron chi connectivity index (χ4n) is 1.42. The van der Waals surface area contributed by atoms with Crippen molar-refractivity contribution >= 4 is 27.9 Å². The Morgan fingerprint density at radius 3 is 1.95 bits per heavy atom. The van der Waals surface area contributed by atoms with E-state index in [-0.39, 0.29) is 5.56 Å². The van der Waals surface area contributed by atoms with Gasteiger partial charge in [0.25, 0.3) is 0 Å². The maximum absolute atomic E-state index is 11.8. The summed E-state index contributed by atoms with van der Waals surface area (Å²) in [5.74, 6) is -1.21. The predicted octanol–water partition coefficient (Wildman–Crippen LogP) is 3.37. The van der Waals surface area contributed by atoms with Crippen molar-refractivity contribution < 1.29 is 19.4 Å². The van der Waals surface area contributed by atoms with Gasteiger partial charge in [-0.3, -0.25) is 0 Å². The molecule has 0 amide bonds. The average Bonchev–Trinajstić information content (AvgIpc) is 2.40. The Balaban J connectivity index is 2.10. The molecule has 0 aliphatic rings. The minimum absolute atomic E-state index is 0.142. The molecule has 0 aliphatic heterocycles. The fourth-order valence-corrected chi connectivity index (χ4v) is 1.68. The van der Waals surface area contributed by atoms with Gasteiger partial charge in [-0.2, -0.15) is 0 Å². The third kappa shape index (κ3) is 3.42. The first kappa shape index (κ1) is 13.3. The van der Waals surface area contributed by atoms with E-state index in [2.05, 4.69) is 15.9 Å². The van der Waals surface area contributed by atoms with Gasteiger partial charge in [-0.15, -0.1) is 0 Å². The number of carbonyl (C=O) groups is 2. The summed E-state index contributed by atoms with van der Waals surface area (Å²) in [6, 6.07) is 12.4. The van der Waals surface area contributed by atoms with Gasteiger partial charge in [0.05, 0.1) is 11.1 Å². The minimum Gasteiger partial charge on any atom is -0.478 e. The zero-order chi connectivity index (χ0) is 13.8. The lowest BCUT2D eigenvalue weighted by Gasteiger charge is -2.04. The van der Waals surface area contributed by atoms with Crippen molar-refractivity contribution in [2.75, 3.05) is 0 Å². The van der Waals surface area contributed by atoms with E-state index in [9.17, 15) is 9.59 Å². The number of rotatable bonds is 3. The summed E-state index contributed by atoms with van der Waals surface area (Å²) in [5, 5.41) is 8.75. The smallest absolute Gasteiger partial charge is 0.343 e. The van der Waals surface area contributed by atoms with Crippen LogP contribution in [0.25, 0.3) is 0 Å². The molecule has 96 valence electrons. The number of hydrogen-bond acceptors (Lipinski definition) is 3. The lowest BCUT2D eigenvalue weighted by Crippen LogP contribution is -2.08. The summed E-state index contributed by atoms with van der Waals surface area (Å²) in [6.07, 6.45) is 0. The molecule has 2 rings (SSSR count). The number of carbonyl (C=O) groups excluding carboxylic acids is 1. The lowest BCUT2D eigenvalue weighted by atomic mass is 10.2. The van der Waals surface area contributed by atoms with Crippen LogP contribution in [-0.4, -0.2) is 17.0 Å². The highest BCUT2D eigenvalue weighted by atomic mass is 79.9. The molecule has 0 unspecified atom stereocenters. The largest absolute Gasteiger partial charge is 0.478 e. The summed E-state index contributed by atoms with van der Waals surface area (Å²) < 4.78 is 6.00. The third-order valence-electron chi connectivity index (χ3n) is 2.39. The number of aromatic carboxylic acids is 1. The summed E-state index contributed by atoms with van der Waals surface area (Å²) >= 11 is 3.28. The molecule has 0 atom stereocenters. The molecule has 2 aromatic rings. The zero-order valence-corrected chi connectivity index (χ0v) is 11.3. The van der Waals surface area contributed by atoms with Crippen molar-refractivity contribution in [2.45, 2.75) is 0 Å². The van der Waals surface area contributed by atoms with E-state index in [1.54, 1.807) is 24.3 Å². The Bertz CT molecular complexity index is 602. The molecule has 5 heteroatoms. The van der Waals surface area contributed by atoms with Crippen LogP contribution in [0, 0.1) is 0 Å². The number of carboxylic acids is 1. The van der Waals surface area contributed by atoms with Gasteiger partial charge >= 0.3 is 11.9 Å². The van der Waals surface area contributed by atoms with Crippen molar-refractivity contribution in [3.63, 3.8) is 0 Å². The molecule has 0 saturated heterocycles. The maximum atomic E-state index is 11.8. The molecule has 0 fully saturated rings. The Hall–Kier alpha value is -2.14. The van der Waals surface area contributed by atoms with Gasteiger partial charge in [0.2, 0.25) is 0 Å². The van der Waals surface area contributed by atoms with E-state index in [0.29, 0.717) is 11.3 Å². The first-order valence-corrected chi connectivity index (χ1v) is 6.16. The lowest BCUT2D eigenvalue weighted by molar-refractivity contribution is 0.0696. The minimum atomic E-state index is -1.02. The number of hydrogen-bond donors (Lipinski definition) is 1. The molecule has 0 aromatic heterocycles. The van der Waals surface area contributed by atoms with E-state index >= 15 is 0 Å². The molecule has 0 aliphatic carbocycles. The van der Waals surface area contributed by atoms with Gasteiger partial charge < -0.3 is 9.84 Å². The third-order valence-corrected chi connectivity index (χ3v) is 2.92. The molecule has 4 nitrogen and oxygen atoms in total. The average molecular weight is 321 g/mol. The van der Waals surface area contributed by atoms with Gasteiger partial charge in [-0.05, 0) is 48.5 Å². The first-order valence-electron chi connectivity index (χ1n) is 5.37. The van der Waals surface area contributed by atoms with Gasteiger partial charge in [-0.1, -0.05) is 15.9 Å². The topological polar surface area (TPSA) is 63.6 Å². The molecule has 0 heterocycles. The van der Waals surface area contributed by atoms with Crippen LogP contribution in [0.5, 0.6) is 5.75 Å². The Morgan fingerprint density at radius 1 is 0.895 bits per heavy atom. The Kier molecular flexibility index (Phi) is 3.97. The summed E-state index contributed by atoms with van der Waals surface area (Å²) in [6.45, 7) is 0. The molecule has 1 N–H and O–H groups in total. The van der Waals surface area contributed by atoms with E-state index in [0.717, 1.165) is 4.47 Å². The number of ether oxygens (including phenoxy) is 1. The number of esters is 1. The maximum Gasteiger partial charge on any atom is 0.343 e. The Morgan fingerprint density at radius 2 is 1.42 bits per heavy atom.